The van der Waals surface area contributed by atoms with E-state index < -0.39 is 5.51 Å². The second kappa shape index (κ2) is 4.73. The van der Waals surface area contributed by atoms with E-state index in [1.54, 1.807) is 18.5 Å². The topological polar surface area (TPSA) is 43.8 Å². The number of hydrogen-bond donors (Lipinski definition) is 1. The molecule has 0 amide bonds. The molecule has 106 valence electrons. The van der Waals surface area contributed by atoms with Crippen molar-refractivity contribution >= 4 is 17.6 Å². The summed E-state index contributed by atoms with van der Waals surface area (Å²) in [6.07, 6.45) is 3.89. The quantitative estimate of drug-likeness (QED) is 0.869. The van der Waals surface area contributed by atoms with E-state index in [0.29, 0.717) is 17.6 Å². The van der Waals surface area contributed by atoms with Crippen molar-refractivity contribution in [3.63, 3.8) is 0 Å². The fourth-order valence-electron chi connectivity index (χ4n) is 2.05. The van der Waals surface area contributed by atoms with Crippen LogP contribution < -0.4 is 5.73 Å². The molecule has 0 saturated heterocycles. The predicted octanol–water partition coefficient (Wildman–Crippen LogP) is 4.08. The van der Waals surface area contributed by atoms with Crippen LogP contribution >= 0.6 is 11.8 Å². The zero-order valence-corrected chi connectivity index (χ0v) is 11.2. The van der Waals surface area contributed by atoms with Gasteiger partial charge < -0.3 is 10.3 Å². The number of hydrogen-bond acceptors (Lipinski definition) is 3. The third kappa shape index (κ3) is 2.77. The number of nitrogen functional groups attached to an aromatic ring is 1. The van der Waals surface area contributed by atoms with E-state index >= 15 is 0 Å². The number of alkyl halides is 3. The summed E-state index contributed by atoms with van der Waals surface area (Å²) in [4.78, 5) is 4.41. The first kappa shape index (κ1) is 13.4. The third-order valence-electron chi connectivity index (χ3n) is 3.13. The molecule has 1 aliphatic carbocycles. The highest BCUT2D eigenvalue weighted by atomic mass is 32.2. The molecule has 0 bridgehead atoms. The van der Waals surface area contributed by atoms with E-state index in [0.717, 1.165) is 18.4 Å². The van der Waals surface area contributed by atoms with Crippen LogP contribution in [0.5, 0.6) is 0 Å². The summed E-state index contributed by atoms with van der Waals surface area (Å²) in [6.45, 7) is 0. The Hall–Kier alpha value is -1.63. The molecule has 1 saturated carbocycles. The molecular weight excluding hydrogens is 287 g/mol. The molecule has 1 aliphatic rings. The van der Waals surface area contributed by atoms with Gasteiger partial charge in [0.15, 0.2) is 0 Å². The van der Waals surface area contributed by atoms with Crippen LogP contribution in [0.25, 0.3) is 11.3 Å². The van der Waals surface area contributed by atoms with Gasteiger partial charge in [0.05, 0.1) is 6.33 Å². The highest BCUT2D eigenvalue weighted by Crippen LogP contribution is 2.40. The highest BCUT2D eigenvalue weighted by molar-refractivity contribution is 8.00. The van der Waals surface area contributed by atoms with E-state index in [-0.39, 0.29) is 16.7 Å². The number of aromatic nitrogens is 2. The Balaban J connectivity index is 1.84. The van der Waals surface area contributed by atoms with Gasteiger partial charge in [-0.3, -0.25) is 0 Å². The maximum Gasteiger partial charge on any atom is 0.446 e. The van der Waals surface area contributed by atoms with Gasteiger partial charge in [0.1, 0.15) is 11.5 Å². The lowest BCUT2D eigenvalue weighted by Gasteiger charge is -2.07. The molecule has 0 unspecified atom stereocenters. The number of nitrogens with zero attached hydrogens (tertiary/aromatic N) is 2. The number of anilines is 1. The van der Waals surface area contributed by atoms with Gasteiger partial charge in [-0.05, 0) is 36.7 Å². The van der Waals surface area contributed by atoms with Gasteiger partial charge in [0.2, 0.25) is 0 Å². The first-order valence-electron chi connectivity index (χ1n) is 6.12. The predicted molar refractivity (Wildman–Crippen MR) is 72.3 cm³/mol. The Morgan fingerprint density at radius 1 is 1.20 bits per heavy atom. The molecule has 0 aliphatic heterocycles. The lowest BCUT2D eigenvalue weighted by molar-refractivity contribution is -0.0328. The zero-order chi connectivity index (χ0) is 14.3. The molecular formula is C13H12F3N3S. The van der Waals surface area contributed by atoms with Gasteiger partial charge in [-0.25, -0.2) is 4.98 Å². The maximum atomic E-state index is 12.3. The van der Waals surface area contributed by atoms with Crippen LogP contribution in [0.2, 0.25) is 0 Å². The minimum Gasteiger partial charge on any atom is -0.383 e. The molecule has 1 fully saturated rings. The molecule has 0 radical (unpaired) electrons. The van der Waals surface area contributed by atoms with Crippen molar-refractivity contribution in [3.8, 4) is 11.3 Å². The number of rotatable bonds is 3. The summed E-state index contributed by atoms with van der Waals surface area (Å²) >= 11 is -0.128. The molecule has 3 nitrogen and oxygen atoms in total. The van der Waals surface area contributed by atoms with Gasteiger partial charge in [-0.15, -0.1) is 0 Å². The number of imidazole rings is 1. The fraction of sp³-hybridized carbons (Fsp3) is 0.308. The second-order valence-corrected chi connectivity index (χ2v) is 5.83. The van der Waals surface area contributed by atoms with E-state index in [1.165, 1.54) is 12.1 Å². The van der Waals surface area contributed by atoms with Gasteiger partial charge in [0, 0.05) is 16.5 Å². The van der Waals surface area contributed by atoms with Crippen LogP contribution in [0.15, 0.2) is 35.5 Å². The SMILES string of the molecule is Nc1c(-c2ccc(SC(F)(F)F)cc2)ncn1C1CC1. The lowest BCUT2D eigenvalue weighted by atomic mass is 10.1. The molecule has 1 heterocycles. The summed E-state index contributed by atoms with van der Waals surface area (Å²) in [6, 6.07) is 6.52. The van der Waals surface area contributed by atoms with Crippen molar-refractivity contribution in [1.82, 2.24) is 9.55 Å². The number of thioether (sulfide) groups is 1. The van der Waals surface area contributed by atoms with Crippen LogP contribution in [0.3, 0.4) is 0 Å². The molecule has 1 aromatic carbocycles. The Morgan fingerprint density at radius 3 is 2.40 bits per heavy atom. The molecule has 2 aromatic rings. The fourth-order valence-corrected chi connectivity index (χ4v) is 2.59. The van der Waals surface area contributed by atoms with Crippen LogP contribution in [-0.2, 0) is 0 Å². The van der Waals surface area contributed by atoms with E-state index in [9.17, 15) is 13.2 Å². The molecule has 3 rings (SSSR count). The summed E-state index contributed by atoms with van der Waals surface area (Å²) < 4.78 is 38.7. The van der Waals surface area contributed by atoms with E-state index in [1.807, 2.05) is 4.57 Å². The largest absolute Gasteiger partial charge is 0.446 e. The number of nitrogens with two attached hydrogens (primary N) is 1. The summed E-state index contributed by atoms with van der Waals surface area (Å²) in [5.74, 6) is 0.573. The van der Waals surface area contributed by atoms with Crippen molar-refractivity contribution in [2.45, 2.75) is 29.3 Å². The molecule has 0 spiro atoms. The van der Waals surface area contributed by atoms with Crippen LogP contribution in [0.1, 0.15) is 18.9 Å². The summed E-state index contributed by atoms with van der Waals surface area (Å²) in [5, 5.41) is 0. The highest BCUT2D eigenvalue weighted by Gasteiger charge is 2.29. The van der Waals surface area contributed by atoms with Crippen molar-refractivity contribution < 1.29 is 13.2 Å². The number of benzene rings is 1. The Labute approximate surface area is 118 Å². The summed E-state index contributed by atoms with van der Waals surface area (Å²) in [5.41, 5.74) is 3.12. The van der Waals surface area contributed by atoms with Gasteiger partial charge >= 0.3 is 5.51 Å². The average molecular weight is 299 g/mol. The lowest BCUT2D eigenvalue weighted by Crippen LogP contribution is -2.00. The van der Waals surface area contributed by atoms with E-state index in [2.05, 4.69) is 4.98 Å². The van der Waals surface area contributed by atoms with Crippen molar-refractivity contribution in [2.75, 3.05) is 5.73 Å². The monoisotopic (exact) mass is 299 g/mol. The van der Waals surface area contributed by atoms with Crippen LogP contribution in [0, 0.1) is 0 Å². The molecule has 0 atom stereocenters. The molecule has 20 heavy (non-hydrogen) atoms. The second-order valence-electron chi connectivity index (χ2n) is 4.69. The van der Waals surface area contributed by atoms with E-state index in [4.69, 9.17) is 5.73 Å². The normalized spacial score (nSPS) is 15.6. The maximum absolute atomic E-state index is 12.3. The number of halogens is 3. The minimum atomic E-state index is -4.27. The molecule has 2 N–H and O–H groups in total. The zero-order valence-electron chi connectivity index (χ0n) is 10.4. The van der Waals surface area contributed by atoms with Crippen molar-refractivity contribution in [2.24, 2.45) is 0 Å². The first-order valence-corrected chi connectivity index (χ1v) is 6.94. The molecule has 1 aromatic heterocycles. The Bertz CT molecular complexity index is 615. The Morgan fingerprint density at radius 2 is 1.85 bits per heavy atom. The Kier molecular flexibility index (Phi) is 3.16. The van der Waals surface area contributed by atoms with Crippen molar-refractivity contribution in [1.29, 1.82) is 0 Å². The minimum absolute atomic E-state index is 0.128. The standard InChI is InChI=1S/C13H12F3N3S/c14-13(15,16)20-10-5-1-8(2-6-10)11-12(17)19(7-18-11)9-3-4-9/h1-2,5-7,9H,3-4,17H2. The van der Waals surface area contributed by atoms with Gasteiger partial charge in [-0.1, -0.05) is 12.1 Å². The van der Waals surface area contributed by atoms with Crippen LogP contribution in [0.4, 0.5) is 19.0 Å². The van der Waals surface area contributed by atoms with Crippen molar-refractivity contribution in [3.05, 3.63) is 30.6 Å². The van der Waals surface area contributed by atoms with Gasteiger partial charge in [0.25, 0.3) is 0 Å². The first-order chi connectivity index (χ1) is 9.44. The molecule has 7 heteroatoms. The average Bonchev–Trinajstić information content (AvgIpc) is 3.13. The summed E-state index contributed by atoms with van der Waals surface area (Å²) in [7, 11) is 0. The van der Waals surface area contributed by atoms with Gasteiger partial charge in [-0.2, -0.15) is 13.2 Å². The smallest absolute Gasteiger partial charge is 0.383 e. The van der Waals surface area contributed by atoms with Crippen LogP contribution in [-0.4, -0.2) is 15.1 Å². The third-order valence-corrected chi connectivity index (χ3v) is 3.87.